The first kappa shape index (κ1) is 14.7. The molecule has 0 saturated heterocycles. The maximum atomic E-state index is 12.1. The van der Waals surface area contributed by atoms with Crippen LogP contribution in [0, 0.1) is 6.92 Å². The number of rotatable bonds is 5. The lowest BCUT2D eigenvalue weighted by molar-refractivity contribution is -0.140. The van der Waals surface area contributed by atoms with E-state index in [0.29, 0.717) is 6.54 Å². The molecular weight excluding hydrogens is 250 g/mol. The van der Waals surface area contributed by atoms with Crippen LogP contribution in [0.1, 0.15) is 33.5 Å². The average molecular weight is 269 g/mol. The standard InChI is InChI=1S/C13H19NO3S/c1-5-10-8-11(18-9(10)2)13(16)14(3)7-6-12(15)17-4/h8H,5-7H2,1-4H3. The predicted octanol–water partition coefficient (Wildman–Crippen LogP) is 2.25. The van der Waals surface area contributed by atoms with Crippen LogP contribution in [0.4, 0.5) is 0 Å². The Bertz CT molecular complexity index is 439. The molecule has 1 aromatic heterocycles. The van der Waals surface area contributed by atoms with Gasteiger partial charge in [-0.05, 0) is 25.0 Å². The van der Waals surface area contributed by atoms with Gasteiger partial charge in [-0.2, -0.15) is 0 Å². The molecule has 100 valence electrons. The lowest BCUT2D eigenvalue weighted by atomic mass is 10.2. The van der Waals surface area contributed by atoms with Crippen molar-refractivity contribution in [3.05, 3.63) is 21.4 Å². The quantitative estimate of drug-likeness (QED) is 0.770. The summed E-state index contributed by atoms with van der Waals surface area (Å²) in [5, 5.41) is 0. The maximum absolute atomic E-state index is 12.1. The van der Waals surface area contributed by atoms with Gasteiger partial charge in [0.15, 0.2) is 0 Å². The number of hydrogen-bond acceptors (Lipinski definition) is 4. The smallest absolute Gasteiger partial charge is 0.307 e. The van der Waals surface area contributed by atoms with Crippen molar-refractivity contribution in [1.29, 1.82) is 0 Å². The van der Waals surface area contributed by atoms with Crippen LogP contribution in [0.3, 0.4) is 0 Å². The van der Waals surface area contributed by atoms with Gasteiger partial charge in [0.2, 0.25) is 0 Å². The fourth-order valence-electron chi connectivity index (χ4n) is 1.63. The summed E-state index contributed by atoms with van der Waals surface area (Å²) in [6.45, 7) is 4.48. The Morgan fingerprint density at radius 2 is 2.11 bits per heavy atom. The number of carbonyl (C=O) groups is 2. The highest BCUT2D eigenvalue weighted by Crippen LogP contribution is 2.23. The first-order valence-electron chi connectivity index (χ1n) is 5.91. The van der Waals surface area contributed by atoms with Crippen molar-refractivity contribution in [2.24, 2.45) is 0 Å². The van der Waals surface area contributed by atoms with E-state index >= 15 is 0 Å². The monoisotopic (exact) mass is 269 g/mol. The van der Waals surface area contributed by atoms with Crippen LogP contribution >= 0.6 is 11.3 Å². The molecule has 0 radical (unpaired) electrons. The summed E-state index contributed by atoms with van der Waals surface area (Å²) in [6.07, 6.45) is 1.16. The molecule has 1 rings (SSSR count). The number of aryl methyl sites for hydroxylation is 2. The van der Waals surface area contributed by atoms with Crippen LogP contribution in [-0.2, 0) is 16.0 Å². The molecule has 0 unspecified atom stereocenters. The Kier molecular flexibility index (Phi) is 5.34. The third-order valence-corrected chi connectivity index (χ3v) is 3.92. The predicted molar refractivity (Wildman–Crippen MR) is 72.0 cm³/mol. The van der Waals surface area contributed by atoms with E-state index in [1.807, 2.05) is 13.0 Å². The minimum Gasteiger partial charge on any atom is -0.469 e. The fourth-order valence-corrected chi connectivity index (χ4v) is 2.74. The molecule has 0 aliphatic rings. The molecule has 0 saturated carbocycles. The highest BCUT2D eigenvalue weighted by Gasteiger charge is 2.16. The van der Waals surface area contributed by atoms with Gasteiger partial charge >= 0.3 is 5.97 Å². The zero-order chi connectivity index (χ0) is 13.7. The topological polar surface area (TPSA) is 46.6 Å². The molecule has 1 heterocycles. The number of thiophene rings is 1. The second-order valence-corrected chi connectivity index (χ2v) is 5.35. The van der Waals surface area contributed by atoms with E-state index in [-0.39, 0.29) is 18.3 Å². The first-order chi connectivity index (χ1) is 8.49. The summed E-state index contributed by atoms with van der Waals surface area (Å²) in [5.41, 5.74) is 1.21. The van der Waals surface area contributed by atoms with E-state index in [1.165, 1.54) is 28.9 Å². The zero-order valence-corrected chi connectivity index (χ0v) is 12.1. The Hall–Kier alpha value is -1.36. The number of hydrogen-bond donors (Lipinski definition) is 0. The van der Waals surface area contributed by atoms with Crippen LogP contribution in [0.5, 0.6) is 0 Å². The number of amides is 1. The molecular formula is C13H19NO3S. The Labute approximate surface area is 112 Å². The number of nitrogens with zero attached hydrogens (tertiary/aromatic N) is 1. The molecule has 0 N–H and O–H groups in total. The second kappa shape index (κ2) is 6.54. The van der Waals surface area contributed by atoms with Crippen LogP contribution in [-0.4, -0.2) is 37.5 Å². The van der Waals surface area contributed by atoms with E-state index in [2.05, 4.69) is 11.7 Å². The Morgan fingerprint density at radius 1 is 1.44 bits per heavy atom. The van der Waals surface area contributed by atoms with Crippen molar-refractivity contribution in [1.82, 2.24) is 4.90 Å². The van der Waals surface area contributed by atoms with E-state index in [9.17, 15) is 9.59 Å². The minimum atomic E-state index is -0.300. The molecule has 0 aromatic carbocycles. The van der Waals surface area contributed by atoms with Gasteiger partial charge in [-0.1, -0.05) is 6.92 Å². The molecule has 5 heteroatoms. The van der Waals surface area contributed by atoms with Crippen LogP contribution in [0.2, 0.25) is 0 Å². The van der Waals surface area contributed by atoms with Gasteiger partial charge < -0.3 is 9.64 Å². The zero-order valence-electron chi connectivity index (χ0n) is 11.3. The summed E-state index contributed by atoms with van der Waals surface area (Å²) in [5.74, 6) is -0.335. The third-order valence-electron chi connectivity index (χ3n) is 2.84. The number of ether oxygens (including phenoxy) is 1. The molecule has 1 aromatic rings. The highest BCUT2D eigenvalue weighted by atomic mass is 32.1. The largest absolute Gasteiger partial charge is 0.469 e. The molecule has 18 heavy (non-hydrogen) atoms. The molecule has 0 bridgehead atoms. The van der Waals surface area contributed by atoms with Gasteiger partial charge in [0, 0.05) is 18.5 Å². The summed E-state index contributed by atoms with van der Waals surface area (Å²) >= 11 is 1.51. The number of esters is 1. The Morgan fingerprint density at radius 3 is 2.61 bits per heavy atom. The Balaban J connectivity index is 2.65. The molecule has 0 aliphatic heterocycles. The molecule has 0 fully saturated rings. The molecule has 0 spiro atoms. The normalized spacial score (nSPS) is 10.2. The van der Waals surface area contributed by atoms with Crippen molar-refractivity contribution in [3.63, 3.8) is 0 Å². The molecule has 0 atom stereocenters. The number of carbonyl (C=O) groups excluding carboxylic acids is 2. The SMILES string of the molecule is CCc1cc(C(=O)N(C)CCC(=O)OC)sc1C. The van der Waals surface area contributed by atoms with Crippen LogP contribution < -0.4 is 0 Å². The van der Waals surface area contributed by atoms with E-state index < -0.39 is 0 Å². The summed E-state index contributed by atoms with van der Waals surface area (Å²) in [7, 11) is 3.05. The highest BCUT2D eigenvalue weighted by molar-refractivity contribution is 7.14. The van der Waals surface area contributed by atoms with E-state index in [1.54, 1.807) is 11.9 Å². The van der Waals surface area contributed by atoms with Gasteiger partial charge in [-0.25, -0.2) is 0 Å². The van der Waals surface area contributed by atoms with Crippen molar-refractivity contribution in [2.45, 2.75) is 26.7 Å². The van der Waals surface area contributed by atoms with Crippen molar-refractivity contribution >= 4 is 23.2 Å². The van der Waals surface area contributed by atoms with Gasteiger partial charge in [-0.15, -0.1) is 11.3 Å². The fraction of sp³-hybridized carbons (Fsp3) is 0.538. The van der Waals surface area contributed by atoms with Crippen LogP contribution in [0.25, 0.3) is 0 Å². The lowest BCUT2D eigenvalue weighted by Gasteiger charge is -2.15. The van der Waals surface area contributed by atoms with Crippen molar-refractivity contribution in [3.8, 4) is 0 Å². The van der Waals surface area contributed by atoms with Gasteiger partial charge in [0.1, 0.15) is 0 Å². The van der Waals surface area contributed by atoms with Gasteiger partial charge in [-0.3, -0.25) is 9.59 Å². The summed E-state index contributed by atoms with van der Waals surface area (Å²) < 4.78 is 4.55. The lowest BCUT2D eigenvalue weighted by Crippen LogP contribution is -2.28. The summed E-state index contributed by atoms with van der Waals surface area (Å²) in [4.78, 5) is 26.6. The second-order valence-electron chi connectivity index (χ2n) is 4.10. The molecule has 1 amide bonds. The van der Waals surface area contributed by atoms with Crippen molar-refractivity contribution < 1.29 is 14.3 Å². The third kappa shape index (κ3) is 3.57. The van der Waals surface area contributed by atoms with Crippen LogP contribution in [0.15, 0.2) is 6.07 Å². The maximum Gasteiger partial charge on any atom is 0.307 e. The van der Waals surface area contributed by atoms with E-state index in [0.717, 1.165) is 11.3 Å². The van der Waals surface area contributed by atoms with E-state index in [4.69, 9.17) is 0 Å². The molecule has 4 nitrogen and oxygen atoms in total. The van der Waals surface area contributed by atoms with Gasteiger partial charge in [0.05, 0.1) is 18.4 Å². The number of methoxy groups -OCH3 is 1. The first-order valence-corrected chi connectivity index (χ1v) is 6.72. The minimum absolute atomic E-state index is 0.0355. The summed E-state index contributed by atoms with van der Waals surface area (Å²) in [6, 6.07) is 1.94. The molecule has 0 aliphatic carbocycles. The van der Waals surface area contributed by atoms with Gasteiger partial charge in [0.25, 0.3) is 5.91 Å². The average Bonchev–Trinajstić information content (AvgIpc) is 2.75. The van der Waals surface area contributed by atoms with Crippen molar-refractivity contribution in [2.75, 3.05) is 20.7 Å².